The zero-order chi connectivity index (χ0) is 19.1. The summed E-state index contributed by atoms with van der Waals surface area (Å²) in [4.78, 5) is 14.8. The van der Waals surface area contributed by atoms with Gasteiger partial charge in [0.15, 0.2) is 11.5 Å². The normalized spacial score (nSPS) is 13.1. The van der Waals surface area contributed by atoms with E-state index in [-0.39, 0.29) is 17.9 Å². The van der Waals surface area contributed by atoms with Crippen LogP contribution in [0.5, 0.6) is 11.5 Å². The van der Waals surface area contributed by atoms with E-state index in [2.05, 4.69) is 11.4 Å². The average molecular weight is 377 g/mol. The number of carbonyl (C=O) groups excluding carboxylic acids is 1. The van der Waals surface area contributed by atoms with Crippen LogP contribution in [0.3, 0.4) is 0 Å². The summed E-state index contributed by atoms with van der Waals surface area (Å²) < 4.78 is 10.6. The van der Waals surface area contributed by atoms with Gasteiger partial charge in [-0.25, -0.2) is 0 Å². The number of rotatable bonds is 9. The number of hydrogen-bond donors (Lipinski definition) is 1. The van der Waals surface area contributed by atoms with E-state index in [9.17, 15) is 4.79 Å². The van der Waals surface area contributed by atoms with Crippen molar-refractivity contribution >= 4 is 17.2 Å². The number of nitrogens with two attached hydrogens (primary N) is 1. The third-order valence-electron chi connectivity index (χ3n) is 4.56. The summed E-state index contributed by atoms with van der Waals surface area (Å²) in [5.41, 5.74) is 8.19. The smallest absolute Gasteiger partial charge is 0.227 e. The zero-order valence-electron chi connectivity index (χ0n) is 15.9. The topological polar surface area (TPSA) is 64.8 Å². The molecule has 2 unspecified atom stereocenters. The molecule has 0 fully saturated rings. The SMILES string of the molecule is COc1ccc(CCN(Cc2ccsc2)C(=O)C(C)C(C)N)cc1OC. The van der Waals surface area contributed by atoms with Crippen molar-refractivity contribution in [3.05, 3.63) is 46.2 Å². The first-order chi connectivity index (χ1) is 12.5. The van der Waals surface area contributed by atoms with E-state index >= 15 is 0 Å². The van der Waals surface area contributed by atoms with Crippen molar-refractivity contribution in [2.75, 3.05) is 20.8 Å². The second-order valence-corrected chi connectivity index (χ2v) is 7.26. The van der Waals surface area contributed by atoms with E-state index < -0.39 is 0 Å². The van der Waals surface area contributed by atoms with Gasteiger partial charge in [-0.2, -0.15) is 11.3 Å². The van der Waals surface area contributed by atoms with E-state index in [0.717, 1.165) is 17.5 Å². The van der Waals surface area contributed by atoms with Gasteiger partial charge < -0.3 is 20.1 Å². The Hall–Kier alpha value is -2.05. The van der Waals surface area contributed by atoms with Gasteiger partial charge in [-0.1, -0.05) is 13.0 Å². The maximum Gasteiger partial charge on any atom is 0.227 e. The molecule has 0 aliphatic rings. The van der Waals surface area contributed by atoms with Gasteiger partial charge in [-0.15, -0.1) is 0 Å². The highest BCUT2D eigenvalue weighted by Crippen LogP contribution is 2.28. The Bertz CT molecular complexity index is 701. The molecule has 2 aromatic rings. The molecule has 2 atom stereocenters. The Kier molecular flexibility index (Phi) is 7.48. The third-order valence-corrected chi connectivity index (χ3v) is 5.29. The summed E-state index contributed by atoms with van der Waals surface area (Å²) in [6, 6.07) is 7.74. The standard InChI is InChI=1S/C20H28N2O3S/c1-14(15(2)21)20(23)22(12-17-8-10-26-13-17)9-7-16-5-6-18(24-3)19(11-16)25-4/h5-6,8,10-11,13-15H,7,9,12,21H2,1-4H3. The summed E-state index contributed by atoms with van der Waals surface area (Å²) >= 11 is 1.64. The van der Waals surface area contributed by atoms with Crippen molar-refractivity contribution in [2.24, 2.45) is 11.7 Å². The molecule has 6 heteroatoms. The minimum absolute atomic E-state index is 0.0895. The molecule has 142 valence electrons. The number of hydrogen-bond acceptors (Lipinski definition) is 5. The number of ether oxygens (including phenoxy) is 2. The number of methoxy groups -OCH3 is 2. The largest absolute Gasteiger partial charge is 0.493 e. The summed E-state index contributed by atoms with van der Waals surface area (Å²) in [6.45, 7) is 5.00. The number of carbonyl (C=O) groups is 1. The van der Waals surface area contributed by atoms with Gasteiger partial charge in [-0.05, 0) is 53.4 Å². The van der Waals surface area contributed by atoms with Crippen LogP contribution < -0.4 is 15.2 Å². The molecule has 0 bridgehead atoms. The van der Waals surface area contributed by atoms with Crippen molar-refractivity contribution in [3.8, 4) is 11.5 Å². The fraction of sp³-hybridized carbons (Fsp3) is 0.450. The second kappa shape index (κ2) is 9.59. The maximum atomic E-state index is 12.9. The van der Waals surface area contributed by atoms with Gasteiger partial charge in [0.1, 0.15) is 0 Å². The number of benzene rings is 1. The Balaban J connectivity index is 2.12. The highest BCUT2D eigenvalue weighted by atomic mass is 32.1. The van der Waals surface area contributed by atoms with Gasteiger partial charge in [0, 0.05) is 19.1 Å². The second-order valence-electron chi connectivity index (χ2n) is 6.48. The molecule has 1 heterocycles. The first kappa shape index (κ1) is 20.3. The Labute approximate surface area is 159 Å². The van der Waals surface area contributed by atoms with Crippen LogP contribution >= 0.6 is 11.3 Å². The summed E-state index contributed by atoms with van der Waals surface area (Å²) in [7, 11) is 3.24. The Morgan fingerprint density at radius 3 is 2.46 bits per heavy atom. The zero-order valence-corrected chi connectivity index (χ0v) is 16.7. The molecule has 0 saturated carbocycles. The predicted molar refractivity (Wildman–Crippen MR) is 106 cm³/mol. The van der Waals surface area contributed by atoms with E-state index in [1.165, 1.54) is 0 Å². The Morgan fingerprint density at radius 1 is 1.15 bits per heavy atom. The van der Waals surface area contributed by atoms with Crippen LogP contribution in [0.1, 0.15) is 25.0 Å². The highest BCUT2D eigenvalue weighted by molar-refractivity contribution is 7.07. The van der Waals surface area contributed by atoms with Crippen molar-refractivity contribution in [1.29, 1.82) is 0 Å². The average Bonchev–Trinajstić information content (AvgIpc) is 3.16. The fourth-order valence-corrected chi connectivity index (χ4v) is 3.34. The molecule has 1 aromatic heterocycles. The molecule has 1 amide bonds. The van der Waals surface area contributed by atoms with Gasteiger partial charge in [-0.3, -0.25) is 4.79 Å². The van der Waals surface area contributed by atoms with E-state index in [1.54, 1.807) is 25.6 Å². The molecular formula is C20H28N2O3S. The maximum absolute atomic E-state index is 12.9. The van der Waals surface area contributed by atoms with Gasteiger partial charge in [0.2, 0.25) is 5.91 Å². The van der Waals surface area contributed by atoms with Crippen molar-refractivity contribution in [3.63, 3.8) is 0 Å². The third kappa shape index (κ3) is 5.22. The molecule has 0 aliphatic carbocycles. The lowest BCUT2D eigenvalue weighted by Crippen LogP contribution is -2.42. The van der Waals surface area contributed by atoms with Crippen LogP contribution in [0.4, 0.5) is 0 Å². The Morgan fingerprint density at radius 2 is 1.88 bits per heavy atom. The first-order valence-corrected chi connectivity index (χ1v) is 9.67. The van der Waals surface area contributed by atoms with Gasteiger partial charge in [0.25, 0.3) is 0 Å². The van der Waals surface area contributed by atoms with Crippen molar-refractivity contribution in [1.82, 2.24) is 4.90 Å². The summed E-state index contributed by atoms with van der Waals surface area (Å²) in [5.74, 6) is 1.28. The highest BCUT2D eigenvalue weighted by Gasteiger charge is 2.23. The summed E-state index contributed by atoms with van der Waals surface area (Å²) in [6.07, 6.45) is 0.738. The van der Waals surface area contributed by atoms with Gasteiger partial charge in [0.05, 0.1) is 20.1 Å². The predicted octanol–water partition coefficient (Wildman–Crippen LogP) is 3.32. The van der Waals surface area contributed by atoms with Gasteiger partial charge >= 0.3 is 0 Å². The minimum Gasteiger partial charge on any atom is -0.493 e. The molecule has 26 heavy (non-hydrogen) atoms. The van der Waals surface area contributed by atoms with Crippen molar-refractivity contribution in [2.45, 2.75) is 32.9 Å². The van der Waals surface area contributed by atoms with E-state index in [4.69, 9.17) is 15.2 Å². The lowest BCUT2D eigenvalue weighted by atomic mass is 10.0. The fourth-order valence-electron chi connectivity index (χ4n) is 2.68. The molecule has 0 radical (unpaired) electrons. The molecule has 5 nitrogen and oxygen atoms in total. The molecule has 1 aromatic carbocycles. The number of amides is 1. The van der Waals surface area contributed by atoms with Crippen LogP contribution in [-0.4, -0.2) is 37.6 Å². The van der Waals surface area contributed by atoms with Crippen molar-refractivity contribution < 1.29 is 14.3 Å². The first-order valence-electron chi connectivity index (χ1n) is 8.72. The molecule has 0 spiro atoms. The van der Waals surface area contributed by atoms with E-state index in [1.807, 2.05) is 42.3 Å². The monoisotopic (exact) mass is 376 g/mol. The van der Waals surface area contributed by atoms with E-state index in [0.29, 0.717) is 24.6 Å². The van der Waals surface area contributed by atoms with Crippen LogP contribution in [0.25, 0.3) is 0 Å². The molecule has 0 aliphatic heterocycles. The molecular weight excluding hydrogens is 348 g/mol. The van der Waals surface area contributed by atoms with Crippen LogP contribution in [0, 0.1) is 5.92 Å². The van der Waals surface area contributed by atoms with Crippen LogP contribution in [0.2, 0.25) is 0 Å². The molecule has 2 rings (SSSR count). The molecule has 0 saturated heterocycles. The molecule has 2 N–H and O–H groups in total. The van der Waals surface area contributed by atoms with Crippen LogP contribution in [-0.2, 0) is 17.8 Å². The van der Waals surface area contributed by atoms with Crippen LogP contribution in [0.15, 0.2) is 35.0 Å². The summed E-state index contributed by atoms with van der Waals surface area (Å²) in [5, 5.41) is 4.11. The number of nitrogens with zero attached hydrogens (tertiary/aromatic N) is 1. The number of thiophene rings is 1. The quantitative estimate of drug-likeness (QED) is 0.729. The minimum atomic E-state index is -0.209. The lowest BCUT2D eigenvalue weighted by Gasteiger charge is -2.27. The lowest BCUT2D eigenvalue weighted by molar-refractivity contribution is -0.136.